The van der Waals surface area contributed by atoms with Crippen LogP contribution >= 0.6 is 0 Å². The van der Waals surface area contributed by atoms with Crippen molar-refractivity contribution in [3.8, 4) is 0 Å². The summed E-state index contributed by atoms with van der Waals surface area (Å²) in [6.07, 6.45) is 3.49. The number of nitrogens with one attached hydrogen (secondary N) is 1. The number of hydrogen-bond donors (Lipinski definition) is 1. The van der Waals surface area contributed by atoms with Crippen LogP contribution in [-0.2, 0) is 20.1 Å². The minimum absolute atomic E-state index is 0.0952. The minimum atomic E-state index is -1.18. The Morgan fingerprint density at radius 3 is 2.50 bits per heavy atom. The molecule has 0 aliphatic rings. The van der Waals surface area contributed by atoms with E-state index in [1.165, 1.54) is 0 Å². The Morgan fingerprint density at radius 1 is 1.11 bits per heavy atom. The second-order valence-corrected chi connectivity index (χ2v) is 3.98. The standard InChI is InChI=1S/C12H12F3N3/c1-18-7-8(5-17-18)4-16-6-9-2-11(14)12(15)3-10(9)13/h2-3,5,7,16H,4,6H2,1H3. The molecular weight excluding hydrogens is 243 g/mol. The highest BCUT2D eigenvalue weighted by Crippen LogP contribution is 2.13. The van der Waals surface area contributed by atoms with E-state index in [-0.39, 0.29) is 12.1 Å². The van der Waals surface area contributed by atoms with Gasteiger partial charge in [0.05, 0.1) is 6.20 Å². The second kappa shape index (κ2) is 5.22. The van der Waals surface area contributed by atoms with Crippen molar-refractivity contribution in [2.45, 2.75) is 13.1 Å². The van der Waals surface area contributed by atoms with Crippen molar-refractivity contribution < 1.29 is 13.2 Å². The Morgan fingerprint density at radius 2 is 1.83 bits per heavy atom. The topological polar surface area (TPSA) is 29.9 Å². The molecule has 0 unspecified atom stereocenters. The van der Waals surface area contributed by atoms with Crippen LogP contribution in [0, 0.1) is 17.5 Å². The molecule has 6 heteroatoms. The molecule has 18 heavy (non-hydrogen) atoms. The molecule has 2 rings (SSSR count). The zero-order valence-corrected chi connectivity index (χ0v) is 9.75. The van der Waals surface area contributed by atoms with Gasteiger partial charge in [0.1, 0.15) is 5.82 Å². The van der Waals surface area contributed by atoms with Gasteiger partial charge >= 0.3 is 0 Å². The molecule has 1 heterocycles. The van der Waals surface area contributed by atoms with Crippen LogP contribution in [0.25, 0.3) is 0 Å². The quantitative estimate of drug-likeness (QED) is 0.848. The first-order chi connectivity index (χ1) is 8.56. The molecule has 3 nitrogen and oxygen atoms in total. The highest BCUT2D eigenvalue weighted by atomic mass is 19.2. The van der Waals surface area contributed by atoms with Crippen molar-refractivity contribution >= 4 is 0 Å². The lowest BCUT2D eigenvalue weighted by Gasteiger charge is -2.05. The fourth-order valence-corrected chi connectivity index (χ4v) is 1.60. The van der Waals surface area contributed by atoms with E-state index in [0.29, 0.717) is 12.6 Å². The Balaban J connectivity index is 1.96. The van der Waals surface area contributed by atoms with Crippen molar-refractivity contribution in [1.82, 2.24) is 15.1 Å². The summed E-state index contributed by atoms with van der Waals surface area (Å²) in [7, 11) is 1.79. The normalized spacial score (nSPS) is 10.9. The third kappa shape index (κ3) is 2.89. The van der Waals surface area contributed by atoms with E-state index in [1.54, 1.807) is 17.9 Å². The van der Waals surface area contributed by atoms with E-state index in [4.69, 9.17) is 0 Å². The number of rotatable bonds is 4. The molecule has 0 aliphatic carbocycles. The summed E-state index contributed by atoms with van der Waals surface area (Å²) in [4.78, 5) is 0. The maximum Gasteiger partial charge on any atom is 0.161 e. The molecule has 0 aliphatic heterocycles. The van der Waals surface area contributed by atoms with Crippen LogP contribution < -0.4 is 5.32 Å². The molecule has 0 saturated heterocycles. The van der Waals surface area contributed by atoms with Crippen molar-refractivity contribution in [1.29, 1.82) is 0 Å². The predicted octanol–water partition coefficient (Wildman–Crippen LogP) is 2.13. The van der Waals surface area contributed by atoms with Crippen molar-refractivity contribution in [3.05, 3.63) is 53.1 Å². The van der Waals surface area contributed by atoms with Gasteiger partial charge in [0.15, 0.2) is 11.6 Å². The lowest BCUT2D eigenvalue weighted by Crippen LogP contribution is -2.14. The van der Waals surface area contributed by atoms with E-state index >= 15 is 0 Å². The molecule has 0 radical (unpaired) electrons. The first kappa shape index (κ1) is 12.6. The van der Waals surface area contributed by atoms with E-state index in [1.807, 2.05) is 6.20 Å². The van der Waals surface area contributed by atoms with Gasteiger partial charge in [-0.2, -0.15) is 5.10 Å². The summed E-state index contributed by atoms with van der Waals surface area (Å²) in [6.45, 7) is 0.601. The highest BCUT2D eigenvalue weighted by Gasteiger charge is 2.09. The van der Waals surface area contributed by atoms with E-state index in [0.717, 1.165) is 11.6 Å². The van der Waals surface area contributed by atoms with Crippen molar-refractivity contribution in [2.75, 3.05) is 0 Å². The zero-order valence-electron chi connectivity index (χ0n) is 9.75. The zero-order chi connectivity index (χ0) is 13.1. The molecule has 0 spiro atoms. The van der Waals surface area contributed by atoms with Crippen molar-refractivity contribution in [3.63, 3.8) is 0 Å². The molecule has 0 saturated carbocycles. The molecule has 1 aromatic heterocycles. The van der Waals surface area contributed by atoms with Gasteiger partial charge in [-0.15, -0.1) is 0 Å². The van der Waals surface area contributed by atoms with Gasteiger partial charge in [0.2, 0.25) is 0 Å². The Hall–Kier alpha value is -1.82. The van der Waals surface area contributed by atoms with Gasteiger partial charge in [-0.05, 0) is 6.07 Å². The first-order valence-electron chi connectivity index (χ1n) is 5.38. The number of hydrogen-bond acceptors (Lipinski definition) is 2. The van der Waals surface area contributed by atoms with Gasteiger partial charge in [0.25, 0.3) is 0 Å². The lowest BCUT2D eigenvalue weighted by molar-refractivity contribution is 0.487. The van der Waals surface area contributed by atoms with Crippen LogP contribution in [0.3, 0.4) is 0 Å². The molecule has 0 atom stereocenters. The second-order valence-electron chi connectivity index (χ2n) is 3.98. The van der Waals surface area contributed by atoms with Gasteiger partial charge in [-0.1, -0.05) is 0 Å². The van der Waals surface area contributed by atoms with Crippen LogP contribution in [0.1, 0.15) is 11.1 Å². The maximum absolute atomic E-state index is 13.3. The monoisotopic (exact) mass is 255 g/mol. The third-order valence-corrected chi connectivity index (χ3v) is 2.49. The molecule has 0 amide bonds. The van der Waals surface area contributed by atoms with Gasteiger partial charge in [0, 0.05) is 43.5 Å². The van der Waals surface area contributed by atoms with Crippen LogP contribution in [0.15, 0.2) is 24.5 Å². The average Bonchev–Trinajstić information content (AvgIpc) is 2.71. The summed E-state index contributed by atoms with van der Waals surface area (Å²) in [5.41, 5.74) is 1.03. The smallest absolute Gasteiger partial charge is 0.161 e. The van der Waals surface area contributed by atoms with Crippen LogP contribution in [-0.4, -0.2) is 9.78 Å². The Bertz CT molecular complexity index is 551. The number of nitrogens with zero attached hydrogens (tertiary/aromatic N) is 2. The van der Waals surface area contributed by atoms with Gasteiger partial charge < -0.3 is 5.32 Å². The van der Waals surface area contributed by atoms with Crippen molar-refractivity contribution in [2.24, 2.45) is 7.05 Å². The van der Waals surface area contributed by atoms with Crippen LogP contribution in [0.5, 0.6) is 0 Å². The molecule has 2 aromatic rings. The summed E-state index contributed by atoms with van der Waals surface area (Å²) in [5.74, 6) is -2.98. The largest absolute Gasteiger partial charge is 0.308 e. The van der Waals surface area contributed by atoms with Crippen LogP contribution in [0.2, 0.25) is 0 Å². The fraction of sp³-hybridized carbons (Fsp3) is 0.250. The molecule has 1 aromatic carbocycles. The van der Waals surface area contributed by atoms with Gasteiger partial charge in [-0.25, -0.2) is 13.2 Å². The predicted molar refractivity (Wildman–Crippen MR) is 60.1 cm³/mol. The molecule has 0 fully saturated rings. The molecule has 1 N–H and O–H groups in total. The number of aromatic nitrogens is 2. The molecule has 96 valence electrons. The van der Waals surface area contributed by atoms with Gasteiger partial charge in [-0.3, -0.25) is 4.68 Å². The fourth-order valence-electron chi connectivity index (χ4n) is 1.60. The summed E-state index contributed by atoms with van der Waals surface area (Å²) >= 11 is 0. The lowest BCUT2D eigenvalue weighted by atomic mass is 10.2. The minimum Gasteiger partial charge on any atom is -0.308 e. The first-order valence-corrected chi connectivity index (χ1v) is 5.38. The van der Waals surface area contributed by atoms with E-state index in [2.05, 4.69) is 10.4 Å². The maximum atomic E-state index is 13.3. The summed E-state index contributed by atoms with van der Waals surface area (Å²) in [5, 5.41) is 6.91. The summed E-state index contributed by atoms with van der Waals surface area (Å²) in [6, 6.07) is 1.41. The number of benzene rings is 1. The van der Waals surface area contributed by atoms with E-state index < -0.39 is 17.5 Å². The Kier molecular flexibility index (Phi) is 3.66. The van der Waals surface area contributed by atoms with E-state index in [9.17, 15) is 13.2 Å². The van der Waals surface area contributed by atoms with Crippen LogP contribution in [0.4, 0.5) is 13.2 Å². The average molecular weight is 255 g/mol. The summed E-state index contributed by atoms with van der Waals surface area (Å²) < 4.78 is 40.6. The highest BCUT2D eigenvalue weighted by molar-refractivity contribution is 5.20. The number of halogens is 3. The Labute approximate surface area is 102 Å². The SMILES string of the molecule is Cn1cc(CNCc2cc(F)c(F)cc2F)cn1. The third-order valence-electron chi connectivity index (χ3n) is 2.49. The number of aryl methyl sites for hydroxylation is 1. The molecule has 0 bridgehead atoms. The molecular formula is C12H12F3N3.